The van der Waals surface area contributed by atoms with Crippen LogP contribution in [0.4, 0.5) is 0 Å². The fourth-order valence-corrected chi connectivity index (χ4v) is 14.3. The maximum atomic E-state index is 12.3. The number of hydrogen-bond donors (Lipinski definition) is 2. The molecule has 2 N–H and O–H groups in total. The average molecular weight is 767 g/mol. The van der Waals surface area contributed by atoms with E-state index in [0.717, 1.165) is 64.6 Å². The van der Waals surface area contributed by atoms with Crippen LogP contribution < -0.4 is 0 Å². The summed E-state index contributed by atoms with van der Waals surface area (Å²) in [6.07, 6.45) is 15.8. The SMILES string of the molecule is CC(C)(O)C[C@@H]1CO[C@](C)([C@H]2CC[C@H]3C(=O)CCC[C@@]32C)C1.CC(C)(O)C[C@@H]1CO[C@](C)([C@H]2CC[C@H]3[C@@H](O[Si](C)(C)C(C)(C)C)CCC[C@@]32C)C1.S. The van der Waals surface area contributed by atoms with Crippen molar-refractivity contribution in [1.29, 1.82) is 0 Å². The lowest BCUT2D eigenvalue weighted by Gasteiger charge is -2.51. The second-order valence-corrected chi connectivity index (χ2v) is 27.2. The smallest absolute Gasteiger partial charge is 0.192 e. The van der Waals surface area contributed by atoms with E-state index in [-0.39, 0.29) is 41.1 Å². The van der Waals surface area contributed by atoms with Gasteiger partial charge in [0.15, 0.2) is 8.32 Å². The van der Waals surface area contributed by atoms with E-state index in [4.69, 9.17) is 13.9 Å². The molecule has 4 saturated carbocycles. The summed E-state index contributed by atoms with van der Waals surface area (Å²) in [7, 11) is -1.75. The van der Waals surface area contributed by atoms with Gasteiger partial charge in [0.2, 0.25) is 0 Å². The number of hydrogen-bond acceptors (Lipinski definition) is 6. The fraction of sp³-hybridized carbons (Fsp3) is 0.977. The van der Waals surface area contributed by atoms with Gasteiger partial charge >= 0.3 is 0 Å². The quantitative estimate of drug-likeness (QED) is 0.239. The lowest BCUT2D eigenvalue weighted by molar-refractivity contribution is -0.134. The number of ether oxygens (including phenoxy) is 2. The van der Waals surface area contributed by atoms with Crippen molar-refractivity contribution in [2.75, 3.05) is 13.2 Å². The second kappa shape index (κ2) is 15.4. The van der Waals surface area contributed by atoms with Gasteiger partial charge in [0, 0.05) is 18.4 Å². The molecule has 0 bridgehead atoms. The molecule has 11 atom stereocenters. The van der Waals surface area contributed by atoms with Crippen molar-refractivity contribution < 1.29 is 28.9 Å². The van der Waals surface area contributed by atoms with Crippen LogP contribution in [0.1, 0.15) is 166 Å². The summed E-state index contributed by atoms with van der Waals surface area (Å²) in [5, 5.41) is 20.6. The molecular weight excluding hydrogens is 685 g/mol. The molecule has 6 fully saturated rings. The number of Topliss-reactive ketones (excluding diaryl/α,β-unsaturated/α-hetero) is 1. The number of rotatable bonds is 8. The van der Waals surface area contributed by atoms with Gasteiger partial charge in [-0.3, -0.25) is 4.79 Å². The van der Waals surface area contributed by atoms with Crippen molar-refractivity contribution in [3.63, 3.8) is 0 Å². The van der Waals surface area contributed by atoms with Gasteiger partial charge in [0.1, 0.15) is 5.78 Å². The van der Waals surface area contributed by atoms with E-state index in [2.05, 4.69) is 61.6 Å². The highest BCUT2D eigenvalue weighted by atomic mass is 32.1. The molecule has 0 aromatic heterocycles. The van der Waals surface area contributed by atoms with Gasteiger partial charge in [0.05, 0.1) is 35.6 Å². The molecule has 2 aliphatic heterocycles. The van der Waals surface area contributed by atoms with E-state index in [0.29, 0.717) is 46.9 Å². The van der Waals surface area contributed by atoms with Crippen LogP contribution in [0.2, 0.25) is 18.1 Å². The van der Waals surface area contributed by atoms with E-state index in [1.54, 1.807) is 0 Å². The summed E-state index contributed by atoms with van der Waals surface area (Å²) in [5.41, 5.74) is -0.927. The molecule has 0 aromatic carbocycles. The Morgan fingerprint density at radius 3 is 1.71 bits per heavy atom. The summed E-state index contributed by atoms with van der Waals surface area (Å²) < 4.78 is 19.9. The fourth-order valence-electron chi connectivity index (χ4n) is 12.9. The van der Waals surface area contributed by atoms with Crippen molar-refractivity contribution in [3.05, 3.63) is 0 Å². The standard InChI is InChI=1S/C25H48O3Si.C19H32O3.H2S/c1-22(2,3)29(8,9)28-20-11-10-14-24(6)19(20)12-13-21(24)25(7)16-18(17-27-25)15-23(4,5)26;1-17(2,21)10-13-11-19(4,22-12-13)16-8-7-14-15(20)6-5-9-18(14,16)3;/h18-21,26H,10-17H2,1-9H3;13-14,16,21H,5-12H2,1-4H3;1H2/t18-,19-,20-,21-,24-,25-;13-,14-,16-,18-,19-;/m00./s1. The molecule has 6 rings (SSSR count). The Hall–Kier alpha value is 0.0369. The van der Waals surface area contributed by atoms with E-state index in [1.165, 1.54) is 38.5 Å². The van der Waals surface area contributed by atoms with Crippen LogP contribution in [0.3, 0.4) is 0 Å². The maximum absolute atomic E-state index is 12.3. The van der Waals surface area contributed by atoms with Crippen molar-refractivity contribution in [2.45, 2.75) is 213 Å². The van der Waals surface area contributed by atoms with Crippen LogP contribution in [0.25, 0.3) is 0 Å². The molecule has 304 valence electrons. The molecule has 0 radical (unpaired) electrons. The van der Waals surface area contributed by atoms with Gasteiger partial charge in [-0.05, 0) is 177 Å². The topological polar surface area (TPSA) is 85.2 Å². The van der Waals surface area contributed by atoms with Crippen LogP contribution in [0, 0.1) is 46.3 Å². The molecular formula is C44H82O6SSi. The van der Waals surface area contributed by atoms with Crippen LogP contribution in [-0.2, 0) is 18.7 Å². The van der Waals surface area contributed by atoms with Crippen molar-refractivity contribution in [3.8, 4) is 0 Å². The predicted molar refractivity (Wildman–Crippen MR) is 221 cm³/mol. The Bertz CT molecular complexity index is 1240. The zero-order valence-corrected chi connectivity index (χ0v) is 37.9. The lowest BCUT2D eigenvalue weighted by Crippen LogP contribution is -2.52. The number of aliphatic hydroxyl groups is 2. The second-order valence-electron chi connectivity index (χ2n) is 22.5. The van der Waals surface area contributed by atoms with Gasteiger partial charge in [-0.1, -0.05) is 41.0 Å². The number of ketones is 1. The van der Waals surface area contributed by atoms with Crippen molar-refractivity contribution in [2.24, 2.45) is 46.3 Å². The Kier molecular flexibility index (Phi) is 13.3. The summed E-state index contributed by atoms with van der Waals surface area (Å²) in [5.74, 6) is 3.44. The number of carbonyl (C=O) groups excluding carboxylic acids is 1. The largest absolute Gasteiger partial charge is 0.414 e. The van der Waals surface area contributed by atoms with E-state index < -0.39 is 19.5 Å². The summed E-state index contributed by atoms with van der Waals surface area (Å²) >= 11 is 0. The third kappa shape index (κ3) is 9.25. The molecule has 0 aromatic rings. The highest BCUT2D eigenvalue weighted by Gasteiger charge is 2.61. The van der Waals surface area contributed by atoms with Crippen LogP contribution in [-0.4, -0.2) is 66.0 Å². The van der Waals surface area contributed by atoms with Gasteiger partial charge in [-0.15, -0.1) is 0 Å². The predicted octanol–water partition coefficient (Wildman–Crippen LogP) is 10.4. The van der Waals surface area contributed by atoms with Crippen molar-refractivity contribution in [1.82, 2.24) is 0 Å². The minimum absolute atomic E-state index is 0. The van der Waals surface area contributed by atoms with Gasteiger partial charge in [-0.25, -0.2) is 0 Å². The molecule has 0 unspecified atom stereocenters. The molecule has 52 heavy (non-hydrogen) atoms. The molecule has 4 aliphatic carbocycles. The van der Waals surface area contributed by atoms with E-state index in [1.807, 2.05) is 27.7 Å². The van der Waals surface area contributed by atoms with E-state index >= 15 is 0 Å². The number of carbonyl (C=O) groups is 1. The monoisotopic (exact) mass is 767 g/mol. The zero-order chi connectivity index (χ0) is 38.1. The first-order valence-corrected chi connectivity index (χ1v) is 24.1. The maximum Gasteiger partial charge on any atom is 0.192 e. The molecule has 0 spiro atoms. The van der Waals surface area contributed by atoms with Crippen LogP contribution in [0.15, 0.2) is 0 Å². The van der Waals surface area contributed by atoms with Crippen molar-refractivity contribution >= 4 is 27.6 Å². The normalized spacial score (nSPS) is 42.7. The highest BCUT2D eigenvalue weighted by molar-refractivity contribution is 7.59. The Morgan fingerprint density at radius 2 is 1.21 bits per heavy atom. The molecule has 2 heterocycles. The first kappa shape index (κ1) is 44.7. The van der Waals surface area contributed by atoms with Crippen LogP contribution in [0.5, 0.6) is 0 Å². The third-order valence-electron chi connectivity index (χ3n) is 15.9. The first-order valence-electron chi connectivity index (χ1n) is 21.1. The molecule has 6 nitrogen and oxygen atoms in total. The summed E-state index contributed by atoms with van der Waals surface area (Å²) in [4.78, 5) is 12.3. The van der Waals surface area contributed by atoms with Gasteiger partial charge in [-0.2, -0.15) is 13.5 Å². The molecule has 0 amide bonds. The lowest BCUT2D eigenvalue weighted by atomic mass is 9.60. The Morgan fingerprint density at radius 1 is 0.731 bits per heavy atom. The minimum Gasteiger partial charge on any atom is -0.414 e. The minimum atomic E-state index is -1.75. The average Bonchev–Trinajstić information content (AvgIpc) is 3.71. The Balaban J connectivity index is 0.000000236. The van der Waals surface area contributed by atoms with Crippen LogP contribution >= 0.6 is 13.5 Å². The zero-order valence-electron chi connectivity index (χ0n) is 35.9. The third-order valence-corrected chi connectivity index (χ3v) is 20.4. The van der Waals surface area contributed by atoms with Gasteiger partial charge in [0.25, 0.3) is 0 Å². The molecule has 6 aliphatic rings. The molecule has 2 saturated heterocycles. The first-order chi connectivity index (χ1) is 23.2. The summed E-state index contributed by atoms with van der Waals surface area (Å²) in [6, 6.07) is 0. The highest BCUT2D eigenvalue weighted by Crippen LogP contribution is 2.63. The molecule has 8 heteroatoms. The number of fused-ring (bicyclic) bond motifs is 2. The summed E-state index contributed by atoms with van der Waals surface area (Å²) in [6.45, 7) is 30.6. The van der Waals surface area contributed by atoms with E-state index in [9.17, 15) is 15.0 Å². The van der Waals surface area contributed by atoms with Gasteiger partial charge < -0.3 is 24.1 Å². The Labute approximate surface area is 327 Å².